The van der Waals surface area contributed by atoms with Crippen LogP contribution < -0.4 is 9.46 Å². The monoisotopic (exact) mass is 525 g/mol. The number of benzene rings is 1. The molecule has 36 heavy (non-hydrogen) atoms. The fourth-order valence-electron chi connectivity index (χ4n) is 3.54. The largest absolute Gasteiger partial charge is 0.438 e. The Balaban J connectivity index is 2.09. The van der Waals surface area contributed by atoms with Crippen LogP contribution in [0.25, 0.3) is 0 Å². The summed E-state index contributed by atoms with van der Waals surface area (Å²) in [5, 5.41) is 15.9. The van der Waals surface area contributed by atoms with Crippen molar-refractivity contribution in [2.45, 2.75) is 38.1 Å². The van der Waals surface area contributed by atoms with Crippen LogP contribution in [0.4, 0.5) is 5.69 Å². The number of rotatable bonds is 9. The number of hydrogen-bond acceptors (Lipinski definition) is 9. The second-order valence-corrected chi connectivity index (χ2v) is 10.9. The summed E-state index contributed by atoms with van der Waals surface area (Å²) in [5.41, 5.74) is -0.472. The molecule has 1 N–H and O–H groups in total. The molecule has 13 nitrogen and oxygen atoms in total. The van der Waals surface area contributed by atoms with Crippen LogP contribution in [-0.4, -0.2) is 80.5 Å². The van der Waals surface area contributed by atoms with Crippen LogP contribution in [0.1, 0.15) is 36.8 Å². The van der Waals surface area contributed by atoms with Crippen LogP contribution in [0.3, 0.4) is 0 Å². The second kappa shape index (κ2) is 10.9. The van der Waals surface area contributed by atoms with Crippen LogP contribution in [0.5, 0.6) is 11.6 Å². The molecule has 0 saturated carbocycles. The number of nitrogens with zero attached hydrogens (tertiary/aromatic N) is 4. The first-order valence-electron chi connectivity index (χ1n) is 11.3. The summed E-state index contributed by atoms with van der Waals surface area (Å²) in [5.74, 6) is -0.285. The Morgan fingerprint density at radius 3 is 2.53 bits per heavy atom. The van der Waals surface area contributed by atoms with E-state index in [9.17, 15) is 23.3 Å². The predicted octanol–water partition coefficient (Wildman–Crippen LogP) is 2.04. The number of methoxy groups -OCH3 is 1. The lowest BCUT2D eigenvalue weighted by atomic mass is 10.1. The van der Waals surface area contributed by atoms with Gasteiger partial charge in [-0.25, -0.2) is 17.8 Å². The van der Waals surface area contributed by atoms with Gasteiger partial charge in [0, 0.05) is 44.4 Å². The van der Waals surface area contributed by atoms with Crippen molar-refractivity contribution in [1.82, 2.24) is 19.4 Å². The van der Waals surface area contributed by atoms with E-state index >= 15 is 0 Å². The second-order valence-electron chi connectivity index (χ2n) is 9.15. The van der Waals surface area contributed by atoms with E-state index in [2.05, 4.69) is 9.82 Å². The van der Waals surface area contributed by atoms with E-state index < -0.39 is 31.1 Å². The summed E-state index contributed by atoms with van der Waals surface area (Å²) in [4.78, 5) is 25.1. The van der Waals surface area contributed by atoms with Crippen molar-refractivity contribution in [3.63, 3.8) is 0 Å². The molecule has 1 amide bonds. The number of nitro benzene ring substituents is 1. The molecule has 198 valence electrons. The van der Waals surface area contributed by atoms with Crippen molar-refractivity contribution in [2.75, 3.05) is 46.6 Å². The minimum Gasteiger partial charge on any atom is -0.438 e. The molecule has 1 aromatic carbocycles. The van der Waals surface area contributed by atoms with E-state index in [1.807, 2.05) is 20.8 Å². The number of morpholine rings is 1. The molecule has 1 saturated heterocycles. The Kier molecular flexibility index (Phi) is 8.33. The average molecular weight is 526 g/mol. The van der Waals surface area contributed by atoms with Gasteiger partial charge in [0.2, 0.25) is 15.9 Å². The fraction of sp³-hybridized carbons (Fsp3) is 0.545. The lowest BCUT2D eigenvalue weighted by Crippen LogP contribution is -2.41. The van der Waals surface area contributed by atoms with Crippen LogP contribution in [0.15, 0.2) is 23.1 Å². The van der Waals surface area contributed by atoms with Gasteiger partial charge in [-0.2, -0.15) is 5.10 Å². The SMILES string of the molecule is COCCNS(=O)(=O)c1cc([N+](=O)[O-])ccc1Oc1c(C)c(C(=O)N2CCOCC2)nn1C(C)(C)C. The Labute approximate surface area is 209 Å². The lowest BCUT2D eigenvalue weighted by molar-refractivity contribution is -0.385. The summed E-state index contributed by atoms with van der Waals surface area (Å²) in [6.07, 6.45) is 0. The average Bonchev–Trinajstić information content (AvgIpc) is 3.15. The van der Waals surface area contributed by atoms with Gasteiger partial charge in [-0.3, -0.25) is 14.9 Å². The first-order valence-corrected chi connectivity index (χ1v) is 12.8. The zero-order chi connectivity index (χ0) is 26.7. The molecule has 1 fully saturated rings. The summed E-state index contributed by atoms with van der Waals surface area (Å²) >= 11 is 0. The van der Waals surface area contributed by atoms with Crippen LogP contribution >= 0.6 is 0 Å². The maximum Gasteiger partial charge on any atom is 0.274 e. The number of aromatic nitrogens is 2. The molecule has 0 bridgehead atoms. The van der Waals surface area contributed by atoms with Crippen molar-refractivity contribution in [3.8, 4) is 11.6 Å². The zero-order valence-electron chi connectivity index (χ0n) is 20.9. The molecule has 1 aliphatic heterocycles. The molecule has 0 spiro atoms. The first-order chi connectivity index (χ1) is 16.9. The maximum absolute atomic E-state index is 13.2. The quantitative estimate of drug-likeness (QED) is 0.294. The number of carbonyl (C=O) groups excluding carboxylic acids is 1. The van der Waals surface area contributed by atoms with E-state index in [1.54, 1.807) is 11.8 Å². The Morgan fingerprint density at radius 2 is 1.94 bits per heavy atom. The molecular weight excluding hydrogens is 494 g/mol. The van der Waals surface area contributed by atoms with Gasteiger partial charge >= 0.3 is 0 Å². The molecule has 14 heteroatoms. The first kappa shape index (κ1) is 27.5. The minimum absolute atomic E-state index is 0.0435. The van der Waals surface area contributed by atoms with Crippen LogP contribution in [0, 0.1) is 17.0 Å². The van der Waals surface area contributed by atoms with E-state index in [0.29, 0.717) is 31.9 Å². The number of sulfonamides is 1. The number of non-ortho nitro benzene ring substituents is 1. The lowest BCUT2D eigenvalue weighted by Gasteiger charge is -2.26. The normalized spacial score (nSPS) is 14.6. The fourth-order valence-corrected chi connectivity index (χ4v) is 4.70. The smallest absolute Gasteiger partial charge is 0.274 e. The predicted molar refractivity (Wildman–Crippen MR) is 129 cm³/mol. The maximum atomic E-state index is 13.2. The van der Waals surface area contributed by atoms with Gasteiger partial charge in [0.1, 0.15) is 10.6 Å². The van der Waals surface area contributed by atoms with Crippen molar-refractivity contribution >= 4 is 21.6 Å². The third kappa shape index (κ3) is 6.00. The number of nitrogens with one attached hydrogen (secondary N) is 1. The third-order valence-electron chi connectivity index (χ3n) is 5.44. The van der Waals surface area contributed by atoms with Gasteiger partial charge in [-0.1, -0.05) is 0 Å². The number of ether oxygens (including phenoxy) is 3. The van der Waals surface area contributed by atoms with Crippen LogP contribution in [-0.2, 0) is 25.0 Å². The van der Waals surface area contributed by atoms with E-state index in [-0.39, 0.29) is 36.4 Å². The topological polar surface area (TPSA) is 155 Å². The Bertz CT molecular complexity index is 1230. The van der Waals surface area contributed by atoms with Gasteiger partial charge in [-0.05, 0) is 33.8 Å². The van der Waals surface area contributed by atoms with Crippen molar-refractivity contribution < 1.29 is 32.3 Å². The molecular formula is C22H31N5O8S. The Morgan fingerprint density at radius 1 is 1.28 bits per heavy atom. The standard InChI is InChI=1S/C22H31N5O8S/c1-15-19(20(28)25-9-12-34-13-10-25)24-26(22(2,3)4)21(15)35-17-7-6-16(27(29)30)14-18(17)36(31,32)23-8-11-33-5/h6-7,14,23H,8-13H2,1-5H3. The van der Waals surface area contributed by atoms with Crippen molar-refractivity contribution in [3.05, 3.63) is 39.6 Å². The third-order valence-corrected chi connectivity index (χ3v) is 6.92. The van der Waals surface area contributed by atoms with Gasteiger partial charge < -0.3 is 19.1 Å². The van der Waals surface area contributed by atoms with Crippen molar-refractivity contribution in [1.29, 1.82) is 0 Å². The summed E-state index contributed by atoms with van der Waals surface area (Å²) in [7, 11) is -2.79. The van der Waals surface area contributed by atoms with Crippen molar-refractivity contribution in [2.24, 2.45) is 0 Å². The molecule has 2 aromatic rings. The molecule has 2 heterocycles. The molecule has 0 atom stereocenters. The van der Waals surface area contributed by atoms with Gasteiger partial charge in [-0.15, -0.1) is 0 Å². The van der Waals surface area contributed by atoms with E-state index in [4.69, 9.17) is 14.2 Å². The van der Waals surface area contributed by atoms with E-state index in [1.165, 1.54) is 17.9 Å². The molecule has 0 aliphatic carbocycles. The van der Waals surface area contributed by atoms with E-state index in [0.717, 1.165) is 12.1 Å². The number of hydrogen-bond donors (Lipinski definition) is 1. The zero-order valence-corrected chi connectivity index (χ0v) is 21.8. The molecule has 3 rings (SSSR count). The highest BCUT2D eigenvalue weighted by molar-refractivity contribution is 7.89. The minimum atomic E-state index is -4.21. The number of amides is 1. The number of nitro groups is 1. The molecule has 1 aliphatic rings. The number of carbonyl (C=O) groups is 1. The molecule has 0 unspecified atom stereocenters. The highest BCUT2D eigenvalue weighted by atomic mass is 32.2. The highest BCUT2D eigenvalue weighted by Crippen LogP contribution is 2.36. The highest BCUT2D eigenvalue weighted by Gasteiger charge is 2.32. The van der Waals surface area contributed by atoms with Gasteiger partial charge in [0.05, 0.1) is 30.3 Å². The molecule has 0 radical (unpaired) electrons. The van der Waals surface area contributed by atoms with Gasteiger partial charge in [0.25, 0.3) is 11.6 Å². The van der Waals surface area contributed by atoms with Crippen LogP contribution in [0.2, 0.25) is 0 Å². The van der Waals surface area contributed by atoms with Gasteiger partial charge in [0.15, 0.2) is 5.69 Å². The summed E-state index contributed by atoms with van der Waals surface area (Å²) in [6.45, 7) is 8.99. The molecule has 1 aromatic heterocycles. The summed E-state index contributed by atoms with van der Waals surface area (Å²) in [6, 6.07) is 3.29. The summed E-state index contributed by atoms with van der Waals surface area (Å²) < 4.78 is 46.2. The Hall–Kier alpha value is -3.07.